The number of rotatable bonds is 8. The van der Waals surface area contributed by atoms with Gasteiger partial charge in [0, 0.05) is 11.6 Å². The molecule has 0 fully saturated rings. The molecule has 2 aromatic rings. The Morgan fingerprint density at radius 2 is 1.80 bits per heavy atom. The van der Waals surface area contributed by atoms with Gasteiger partial charge in [-0.05, 0) is 43.2 Å². The number of benzene rings is 2. The van der Waals surface area contributed by atoms with E-state index >= 15 is 0 Å². The number of terminal acetylenes is 1. The normalized spacial score (nSPS) is 12.5. The topological polar surface area (TPSA) is 55.4 Å². The van der Waals surface area contributed by atoms with Crippen molar-refractivity contribution in [1.82, 2.24) is 4.72 Å². The van der Waals surface area contributed by atoms with Gasteiger partial charge in [-0.2, -0.15) is 0 Å². The third-order valence-corrected chi connectivity index (χ3v) is 5.37. The number of nitrogens with one attached hydrogen (secondary N) is 1. The Kier molecular flexibility index (Phi) is 7.03. The number of ether oxygens (including phenoxy) is 1. The number of hydrogen-bond donors (Lipinski definition) is 1. The van der Waals surface area contributed by atoms with E-state index in [2.05, 4.69) is 10.6 Å². The highest BCUT2D eigenvalue weighted by atomic mass is 35.5. The Labute approximate surface area is 154 Å². The minimum absolute atomic E-state index is 0.151. The molecule has 0 saturated heterocycles. The molecule has 0 amide bonds. The van der Waals surface area contributed by atoms with Crippen molar-refractivity contribution < 1.29 is 13.2 Å². The Morgan fingerprint density at radius 1 is 1.16 bits per heavy atom. The van der Waals surface area contributed by atoms with E-state index in [0.717, 1.165) is 11.1 Å². The van der Waals surface area contributed by atoms with Gasteiger partial charge in [-0.1, -0.05) is 47.4 Å². The third-order valence-electron chi connectivity index (χ3n) is 3.64. The lowest BCUT2D eigenvalue weighted by atomic mass is 10.1. The average Bonchev–Trinajstić information content (AvgIpc) is 2.59. The van der Waals surface area contributed by atoms with Crippen molar-refractivity contribution in [1.29, 1.82) is 0 Å². The third kappa shape index (κ3) is 5.87. The summed E-state index contributed by atoms with van der Waals surface area (Å²) in [6.45, 7) is 2.29. The molecule has 0 saturated carbocycles. The molecule has 4 nitrogen and oxygen atoms in total. The molecule has 132 valence electrons. The maximum Gasteiger partial charge on any atom is 0.240 e. The van der Waals surface area contributed by atoms with Crippen molar-refractivity contribution in [3.05, 3.63) is 64.7 Å². The molecule has 1 N–H and O–H groups in total. The molecule has 25 heavy (non-hydrogen) atoms. The lowest BCUT2D eigenvalue weighted by Gasteiger charge is -2.17. The van der Waals surface area contributed by atoms with Crippen molar-refractivity contribution in [3.63, 3.8) is 0 Å². The van der Waals surface area contributed by atoms with Crippen molar-refractivity contribution in [2.75, 3.05) is 13.2 Å². The van der Waals surface area contributed by atoms with Crippen LogP contribution in [0.4, 0.5) is 0 Å². The van der Waals surface area contributed by atoms with Gasteiger partial charge in [-0.3, -0.25) is 0 Å². The second kappa shape index (κ2) is 9.02. The monoisotopic (exact) mass is 377 g/mol. The molecule has 0 aliphatic heterocycles. The van der Waals surface area contributed by atoms with Crippen molar-refractivity contribution in [2.24, 2.45) is 0 Å². The predicted molar refractivity (Wildman–Crippen MR) is 100.0 cm³/mol. The molecular formula is C19H20ClNO3S. The summed E-state index contributed by atoms with van der Waals surface area (Å²) < 4.78 is 32.9. The van der Waals surface area contributed by atoms with Crippen LogP contribution in [0.15, 0.2) is 53.4 Å². The molecule has 1 atom stereocenters. The van der Waals surface area contributed by atoms with Crippen molar-refractivity contribution >= 4 is 21.6 Å². The zero-order valence-electron chi connectivity index (χ0n) is 13.9. The van der Waals surface area contributed by atoms with Crippen LogP contribution in [0.1, 0.15) is 23.7 Å². The molecule has 0 bridgehead atoms. The molecule has 2 aromatic carbocycles. The van der Waals surface area contributed by atoms with E-state index in [1.165, 1.54) is 0 Å². The Hall–Kier alpha value is -1.84. The van der Waals surface area contributed by atoms with E-state index in [9.17, 15) is 8.42 Å². The standard InChI is InChI=1S/C19H20ClNO3S/c1-3-14-24-19(16-6-8-17(20)9-7-16)12-13-21-25(22,23)18-10-4-15(2)5-11-18/h1,4-11,19,21H,12-14H2,2H3/t19-/m1/s1. The summed E-state index contributed by atoms with van der Waals surface area (Å²) >= 11 is 5.90. The number of aryl methyl sites for hydroxylation is 1. The summed E-state index contributed by atoms with van der Waals surface area (Å²) in [6, 6.07) is 13.9. The van der Waals surface area contributed by atoms with Gasteiger partial charge in [0.1, 0.15) is 6.61 Å². The highest BCUT2D eigenvalue weighted by Crippen LogP contribution is 2.23. The second-order valence-electron chi connectivity index (χ2n) is 5.55. The summed E-state index contributed by atoms with van der Waals surface area (Å²) in [7, 11) is -3.55. The van der Waals surface area contributed by atoms with Crippen LogP contribution in [-0.4, -0.2) is 21.6 Å². The zero-order chi connectivity index (χ0) is 18.3. The zero-order valence-corrected chi connectivity index (χ0v) is 15.5. The van der Waals surface area contributed by atoms with Crippen LogP contribution in [0.3, 0.4) is 0 Å². The van der Waals surface area contributed by atoms with Crippen LogP contribution in [0, 0.1) is 19.3 Å². The van der Waals surface area contributed by atoms with Gasteiger partial charge in [0.05, 0.1) is 11.0 Å². The van der Waals surface area contributed by atoms with E-state index in [-0.39, 0.29) is 24.2 Å². The lowest BCUT2D eigenvalue weighted by molar-refractivity contribution is 0.0723. The highest BCUT2D eigenvalue weighted by molar-refractivity contribution is 7.89. The molecule has 2 rings (SSSR count). The van der Waals surface area contributed by atoms with Crippen molar-refractivity contribution in [3.8, 4) is 12.3 Å². The first-order valence-electron chi connectivity index (χ1n) is 7.79. The van der Waals surface area contributed by atoms with Gasteiger partial charge >= 0.3 is 0 Å². The molecule has 0 aliphatic carbocycles. The van der Waals surface area contributed by atoms with Gasteiger partial charge in [-0.15, -0.1) is 6.42 Å². The van der Waals surface area contributed by atoms with Crippen LogP contribution in [0.5, 0.6) is 0 Å². The number of halogens is 1. The van der Waals surface area contributed by atoms with Crippen LogP contribution in [0.2, 0.25) is 5.02 Å². The van der Waals surface area contributed by atoms with Gasteiger partial charge in [-0.25, -0.2) is 13.1 Å². The predicted octanol–water partition coefficient (Wildman–Crippen LogP) is 3.71. The lowest BCUT2D eigenvalue weighted by Crippen LogP contribution is -2.26. The Morgan fingerprint density at radius 3 is 2.40 bits per heavy atom. The second-order valence-corrected chi connectivity index (χ2v) is 7.76. The minimum atomic E-state index is -3.55. The maximum atomic E-state index is 12.3. The van der Waals surface area contributed by atoms with E-state index < -0.39 is 10.0 Å². The fourth-order valence-corrected chi connectivity index (χ4v) is 3.47. The first-order valence-corrected chi connectivity index (χ1v) is 9.65. The summed E-state index contributed by atoms with van der Waals surface area (Å²) in [6.07, 6.45) is 5.40. The summed E-state index contributed by atoms with van der Waals surface area (Å²) in [4.78, 5) is 0.241. The maximum absolute atomic E-state index is 12.3. The number of hydrogen-bond acceptors (Lipinski definition) is 3. The van der Waals surface area contributed by atoms with Gasteiger partial charge in [0.2, 0.25) is 10.0 Å². The van der Waals surface area contributed by atoms with Gasteiger partial charge in [0.25, 0.3) is 0 Å². The SMILES string of the molecule is C#CCO[C@H](CCNS(=O)(=O)c1ccc(C)cc1)c1ccc(Cl)cc1. The smallest absolute Gasteiger partial charge is 0.240 e. The van der Waals surface area contributed by atoms with Crippen LogP contribution < -0.4 is 4.72 Å². The molecule has 0 aromatic heterocycles. The molecule has 0 radical (unpaired) electrons. The summed E-state index contributed by atoms with van der Waals surface area (Å²) in [5, 5.41) is 0.625. The molecule has 0 aliphatic rings. The molecule has 0 unspecified atom stereocenters. The highest BCUT2D eigenvalue weighted by Gasteiger charge is 2.16. The fraction of sp³-hybridized carbons (Fsp3) is 0.263. The first-order chi connectivity index (χ1) is 11.9. The molecule has 0 heterocycles. The van der Waals surface area contributed by atoms with Crippen LogP contribution >= 0.6 is 11.6 Å². The van der Waals surface area contributed by atoms with E-state index in [1.54, 1.807) is 36.4 Å². The van der Waals surface area contributed by atoms with Crippen LogP contribution in [0.25, 0.3) is 0 Å². The first kappa shape index (κ1) is 19.5. The van der Waals surface area contributed by atoms with Crippen LogP contribution in [-0.2, 0) is 14.8 Å². The van der Waals surface area contributed by atoms with E-state index in [4.69, 9.17) is 22.8 Å². The number of sulfonamides is 1. The fourth-order valence-electron chi connectivity index (χ4n) is 2.30. The summed E-state index contributed by atoms with van der Waals surface area (Å²) in [5.41, 5.74) is 1.90. The minimum Gasteiger partial charge on any atom is -0.361 e. The largest absolute Gasteiger partial charge is 0.361 e. The van der Waals surface area contributed by atoms with E-state index in [0.29, 0.717) is 11.4 Å². The average molecular weight is 378 g/mol. The van der Waals surface area contributed by atoms with Gasteiger partial charge in [0.15, 0.2) is 0 Å². The van der Waals surface area contributed by atoms with E-state index in [1.807, 2.05) is 19.1 Å². The summed E-state index contributed by atoms with van der Waals surface area (Å²) in [5.74, 6) is 2.43. The quantitative estimate of drug-likeness (QED) is 0.713. The molecule has 0 spiro atoms. The Bertz CT molecular complexity index is 824. The molecule has 6 heteroatoms. The van der Waals surface area contributed by atoms with Crippen molar-refractivity contribution in [2.45, 2.75) is 24.3 Å². The molecular weight excluding hydrogens is 358 g/mol. The van der Waals surface area contributed by atoms with Gasteiger partial charge < -0.3 is 4.74 Å². The Balaban J connectivity index is 2.01.